The summed E-state index contributed by atoms with van der Waals surface area (Å²) >= 11 is 6.44. The number of phenolic OH excluding ortho intramolecular Hbond substituents is 1. The lowest BCUT2D eigenvalue weighted by Crippen LogP contribution is -2.24. The lowest BCUT2D eigenvalue weighted by atomic mass is 10.2. The Bertz CT molecular complexity index is 487. The lowest BCUT2D eigenvalue weighted by Gasteiger charge is -2.17. The molecule has 0 aliphatic carbocycles. The molecule has 0 bridgehead atoms. The van der Waals surface area contributed by atoms with Gasteiger partial charge in [0.05, 0.1) is 23.1 Å². The summed E-state index contributed by atoms with van der Waals surface area (Å²) in [6.45, 7) is 0.0231. The van der Waals surface area contributed by atoms with Gasteiger partial charge in [0.15, 0.2) is 11.5 Å². The number of ketones is 1. The first-order chi connectivity index (χ1) is 7.49. The van der Waals surface area contributed by atoms with E-state index in [4.69, 9.17) is 0 Å². The molecule has 0 saturated carbocycles. The molecular formula is C10H7Br2NO3. The van der Waals surface area contributed by atoms with E-state index < -0.39 is 0 Å². The van der Waals surface area contributed by atoms with E-state index >= 15 is 0 Å². The van der Waals surface area contributed by atoms with Gasteiger partial charge in [-0.15, -0.1) is 0 Å². The summed E-state index contributed by atoms with van der Waals surface area (Å²) in [6.07, 6.45) is -0.0937. The van der Waals surface area contributed by atoms with Gasteiger partial charge >= 0.3 is 0 Å². The third kappa shape index (κ3) is 1.99. The van der Waals surface area contributed by atoms with E-state index in [1.54, 1.807) is 12.1 Å². The van der Waals surface area contributed by atoms with Crippen molar-refractivity contribution in [3.05, 3.63) is 21.1 Å². The molecule has 0 aromatic heterocycles. The fraction of sp³-hybridized carbons (Fsp3) is 0.200. The number of benzene rings is 1. The molecule has 1 aliphatic rings. The SMILES string of the molecule is O=C1CC(=O)N(c2cc(Br)cc(Br)c2O)C1. The molecule has 1 amide bonds. The Morgan fingerprint density at radius 3 is 2.50 bits per heavy atom. The highest BCUT2D eigenvalue weighted by Gasteiger charge is 2.30. The molecular weight excluding hydrogens is 342 g/mol. The number of Topliss-reactive ketones (excluding diaryl/α,β-unsaturated/α-hetero) is 1. The minimum Gasteiger partial charge on any atom is -0.505 e. The zero-order valence-electron chi connectivity index (χ0n) is 8.04. The number of halogens is 2. The maximum atomic E-state index is 11.5. The standard InChI is InChI=1S/C10H7Br2NO3/c11-5-1-7(12)10(16)8(2-5)13-4-6(14)3-9(13)15/h1-2,16H,3-4H2. The summed E-state index contributed by atoms with van der Waals surface area (Å²) in [7, 11) is 0. The number of anilines is 1. The average molecular weight is 349 g/mol. The number of rotatable bonds is 1. The molecule has 0 radical (unpaired) electrons. The van der Waals surface area contributed by atoms with E-state index in [0.717, 1.165) is 4.47 Å². The van der Waals surface area contributed by atoms with Crippen molar-refractivity contribution >= 4 is 49.2 Å². The molecule has 84 valence electrons. The van der Waals surface area contributed by atoms with E-state index in [-0.39, 0.29) is 30.4 Å². The zero-order chi connectivity index (χ0) is 11.9. The van der Waals surface area contributed by atoms with Crippen molar-refractivity contribution in [1.29, 1.82) is 0 Å². The van der Waals surface area contributed by atoms with Gasteiger partial charge in [-0.25, -0.2) is 0 Å². The Hall–Kier alpha value is -0.880. The second-order valence-corrected chi connectivity index (χ2v) is 5.22. The van der Waals surface area contributed by atoms with Crippen LogP contribution in [-0.2, 0) is 9.59 Å². The van der Waals surface area contributed by atoms with Crippen LogP contribution >= 0.6 is 31.9 Å². The molecule has 16 heavy (non-hydrogen) atoms. The van der Waals surface area contributed by atoms with Crippen LogP contribution in [0.1, 0.15) is 6.42 Å². The van der Waals surface area contributed by atoms with Gasteiger partial charge in [0.2, 0.25) is 5.91 Å². The number of amides is 1. The van der Waals surface area contributed by atoms with Crippen LogP contribution in [0.15, 0.2) is 21.1 Å². The molecule has 4 nitrogen and oxygen atoms in total. The van der Waals surface area contributed by atoms with Crippen molar-refractivity contribution in [1.82, 2.24) is 0 Å². The molecule has 1 aliphatic heterocycles. The lowest BCUT2D eigenvalue weighted by molar-refractivity contribution is -0.121. The predicted molar refractivity (Wildman–Crippen MR) is 65.5 cm³/mol. The van der Waals surface area contributed by atoms with Gasteiger partial charge in [0.25, 0.3) is 0 Å². The Kier molecular flexibility index (Phi) is 3.03. The summed E-state index contributed by atoms with van der Waals surface area (Å²) in [5, 5.41) is 9.81. The molecule has 1 fully saturated rings. The number of hydrogen-bond acceptors (Lipinski definition) is 3. The highest BCUT2D eigenvalue weighted by Crippen LogP contribution is 2.38. The number of aromatic hydroxyl groups is 1. The third-order valence-corrected chi connectivity index (χ3v) is 3.35. The fourth-order valence-corrected chi connectivity index (χ4v) is 2.76. The van der Waals surface area contributed by atoms with Crippen LogP contribution in [0.4, 0.5) is 5.69 Å². The normalized spacial score (nSPS) is 16.0. The van der Waals surface area contributed by atoms with E-state index in [1.165, 1.54) is 4.90 Å². The molecule has 0 unspecified atom stereocenters. The Morgan fingerprint density at radius 2 is 1.94 bits per heavy atom. The Morgan fingerprint density at radius 1 is 1.25 bits per heavy atom. The Labute approximate surface area is 108 Å². The third-order valence-electron chi connectivity index (χ3n) is 2.28. The van der Waals surface area contributed by atoms with Gasteiger partial charge in [-0.2, -0.15) is 0 Å². The molecule has 6 heteroatoms. The number of hydrogen-bond donors (Lipinski definition) is 1. The molecule has 1 aromatic carbocycles. The van der Waals surface area contributed by atoms with Crippen LogP contribution < -0.4 is 4.90 Å². The molecule has 2 rings (SSSR count). The molecule has 1 saturated heterocycles. The number of phenols is 1. The van der Waals surface area contributed by atoms with Crippen molar-refractivity contribution in [2.24, 2.45) is 0 Å². The van der Waals surface area contributed by atoms with E-state index in [1.807, 2.05) is 0 Å². The summed E-state index contributed by atoms with van der Waals surface area (Å²) in [5.41, 5.74) is 0.345. The first-order valence-corrected chi connectivity index (χ1v) is 6.07. The van der Waals surface area contributed by atoms with Crippen molar-refractivity contribution < 1.29 is 14.7 Å². The van der Waals surface area contributed by atoms with Crippen LogP contribution in [0.25, 0.3) is 0 Å². The largest absolute Gasteiger partial charge is 0.505 e. The summed E-state index contributed by atoms with van der Waals surface area (Å²) in [5.74, 6) is -0.461. The van der Waals surface area contributed by atoms with Crippen LogP contribution in [0, 0.1) is 0 Å². The second-order valence-electron chi connectivity index (χ2n) is 3.45. The number of carbonyl (C=O) groups is 2. The van der Waals surface area contributed by atoms with Crippen LogP contribution in [0.5, 0.6) is 5.75 Å². The highest BCUT2D eigenvalue weighted by atomic mass is 79.9. The van der Waals surface area contributed by atoms with Gasteiger partial charge in [-0.05, 0) is 28.1 Å². The zero-order valence-corrected chi connectivity index (χ0v) is 11.2. The molecule has 0 spiro atoms. The topological polar surface area (TPSA) is 57.6 Å². The van der Waals surface area contributed by atoms with Gasteiger partial charge < -0.3 is 10.0 Å². The Balaban J connectivity index is 2.48. The van der Waals surface area contributed by atoms with E-state index in [9.17, 15) is 14.7 Å². The number of nitrogens with zero attached hydrogens (tertiary/aromatic N) is 1. The minimum absolute atomic E-state index is 0.0231. The molecule has 1 N–H and O–H groups in total. The first kappa shape index (κ1) is 11.6. The average Bonchev–Trinajstić information content (AvgIpc) is 2.51. The fourth-order valence-electron chi connectivity index (χ4n) is 1.56. The molecule has 1 aromatic rings. The highest BCUT2D eigenvalue weighted by molar-refractivity contribution is 9.11. The summed E-state index contributed by atoms with van der Waals surface area (Å²) < 4.78 is 1.20. The minimum atomic E-state index is -0.287. The maximum absolute atomic E-state index is 11.5. The number of carbonyl (C=O) groups excluding carboxylic acids is 2. The van der Waals surface area contributed by atoms with Crippen LogP contribution in [0.3, 0.4) is 0 Å². The summed E-state index contributed by atoms with van der Waals surface area (Å²) in [6, 6.07) is 3.28. The van der Waals surface area contributed by atoms with Crippen molar-refractivity contribution in [2.45, 2.75) is 6.42 Å². The van der Waals surface area contributed by atoms with Crippen molar-refractivity contribution in [2.75, 3.05) is 11.4 Å². The predicted octanol–water partition coefficient (Wildman–Crippen LogP) is 2.22. The van der Waals surface area contributed by atoms with E-state index in [2.05, 4.69) is 31.9 Å². The van der Waals surface area contributed by atoms with E-state index in [0.29, 0.717) is 10.2 Å². The monoisotopic (exact) mass is 347 g/mol. The van der Waals surface area contributed by atoms with Gasteiger partial charge in [0, 0.05) is 4.47 Å². The van der Waals surface area contributed by atoms with Gasteiger partial charge in [-0.3, -0.25) is 9.59 Å². The van der Waals surface area contributed by atoms with Crippen molar-refractivity contribution in [3.8, 4) is 5.75 Å². The van der Waals surface area contributed by atoms with Crippen LogP contribution in [-0.4, -0.2) is 23.3 Å². The summed E-state index contributed by atoms with van der Waals surface area (Å²) in [4.78, 5) is 24.0. The van der Waals surface area contributed by atoms with Gasteiger partial charge in [0.1, 0.15) is 0 Å². The quantitative estimate of drug-likeness (QED) is 0.792. The second kappa shape index (κ2) is 4.18. The first-order valence-electron chi connectivity index (χ1n) is 4.49. The smallest absolute Gasteiger partial charge is 0.235 e. The maximum Gasteiger partial charge on any atom is 0.235 e. The van der Waals surface area contributed by atoms with Crippen LogP contribution in [0.2, 0.25) is 0 Å². The van der Waals surface area contributed by atoms with Crippen molar-refractivity contribution in [3.63, 3.8) is 0 Å². The molecule has 1 heterocycles. The van der Waals surface area contributed by atoms with Gasteiger partial charge in [-0.1, -0.05) is 15.9 Å². The molecule has 0 atom stereocenters.